The zero-order valence-electron chi connectivity index (χ0n) is 12.1. The second-order valence-corrected chi connectivity index (χ2v) is 5.97. The molecule has 0 aliphatic carbocycles. The monoisotopic (exact) mass is 343 g/mol. The zero-order chi connectivity index (χ0) is 16.7. The first kappa shape index (κ1) is 16.9. The molecule has 4 N–H and O–H groups in total. The van der Waals surface area contributed by atoms with Crippen LogP contribution in [0.15, 0.2) is 58.5 Å². The molecule has 23 heavy (non-hydrogen) atoms. The first-order valence-electron chi connectivity index (χ1n) is 6.64. The minimum Gasteiger partial charge on any atom is -0.382 e. The third kappa shape index (κ3) is 5.02. The first-order chi connectivity index (χ1) is 11.1. The Hall–Kier alpha value is -2.49. The van der Waals surface area contributed by atoms with Crippen LogP contribution in [0.3, 0.4) is 0 Å². The third-order valence-electron chi connectivity index (χ3n) is 2.82. The van der Waals surface area contributed by atoms with Gasteiger partial charge in [-0.2, -0.15) is 10.4 Å². The van der Waals surface area contributed by atoms with Crippen LogP contribution in [0.5, 0.6) is 0 Å². The summed E-state index contributed by atoms with van der Waals surface area (Å²) in [4.78, 5) is 0.970. The van der Waals surface area contributed by atoms with E-state index in [-0.39, 0.29) is 11.5 Å². The molecule has 0 saturated heterocycles. The van der Waals surface area contributed by atoms with Crippen LogP contribution in [0.2, 0.25) is 5.02 Å². The fourth-order valence-electron chi connectivity index (χ4n) is 1.73. The Morgan fingerprint density at radius 3 is 2.78 bits per heavy atom. The fourth-order valence-corrected chi connectivity index (χ4v) is 2.89. The third-order valence-corrected chi connectivity index (χ3v) is 4.20. The molecule has 0 spiro atoms. The number of rotatable bonds is 6. The zero-order valence-corrected chi connectivity index (χ0v) is 13.7. The van der Waals surface area contributed by atoms with Gasteiger partial charge in [0.05, 0.1) is 5.69 Å². The van der Waals surface area contributed by atoms with Crippen molar-refractivity contribution in [3.05, 3.63) is 59.1 Å². The number of thioether (sulfide) groups is 1. The molecule has 2 aromatic carbocycles. The van der Waals surface area contributed by atoms with Crippen molar-refractivity contribution in [3.8, 4) is 6.07 Å². The average molecular weight is 344 g/mol. The van der Waals surface area contributed by atoms with Crippen LogP contribution < -0.4 is 11.2 Å². The number of anilines is 1. The molecule has 7 heteroatoms. The van der Waals surface area contributed by atoms with Crippen molar-refractivity contribution in [2.24, 2.45) is 10.8 Å². The van der Waals surface area contributed by atoms with Crippen LogP contribution >= 0.6 is 23.4 Å². The summed E-state index contributed by atoms with van der Waals surface area (Å²) in [6.07, 6.45) is 0. The maximum Gasteiger partial charge on any atom is 0.201 e. The number of hydrogen-bond donors (Lipinski definition) is 3. The lowest BCUT2D eigenvalue weighted by Gasteiger charge is -2.09. The van der Waals surface area contributed by atoms with Crippen LogP contribution in [-0.4, -0.2) is 11.5 Å². The second-order valence-electron chi connectivity index (χ2n) is 4.51. The highest BCUT2D eigenvalue weighted by atomic mass is 35.5. The molecule has 0 unspecified atom stereocenters. The van der Waals surface area contributed by atoms with E-state index in [0.29, 0.717) is 5.02 Å². The van der Waals surface area contributed by atoms with Gasteiger partial charge in [0.1, 0.15) is 6.07 Å². The number of amidine groups is 1. The summed E-state index contributed by atoms with van der Waals surface area (Å²) in [7, 11) is 0. The smallest absolute Gasteiger partial charge is 0.201 e. The lowest BCUT2D eigenvalue weighted by molar-refractivity contribution is 1.28. The highest BCUT2D eigenvalue weighted by Gasteiger charge is 2.05. The molecule has 0 radical (unpaired) electrons. The number of halogens is 1. The molecular formula is C16H14ClN5S. The number of nitrogens with one attached hydrogen (secondary N) is 2. The molecule has 0 aliphatic rings. The molecule has 0 amide bonds. The Labute approximate surface area is 143 Å². The van der Waals surface area contributed by atoms with Crippen LogP contribution in [0.4, 0.5) is 5.69 Å². The summed E-state index contributed by atoms with van der Waals surface area (Å²) < 4.78 is 0. The number of benzene rings is 2. The highest BCUT2D eigenvalue weighted by molar-refractivity contribution is 7.98. The van der Waals surface area contributed by atoms with Crippen molar-refractivity contribution >= 4 is 40.6 Å². The molecule has 116 valence electrons. The Morgan fingerprint density at radius 1 is 1.30 bits per heavy atom. The van der Waals surface area contributed by atoms with Gasteiger partial charge in [0.2, 0.25) is 5.71 Å². The summed E-state index contributed by atoms with van der Waals surface area (Å²) in [5.41, 5.74) is 9.77. The molecule has 2 rings (SSSR count). The summed E-state index contributed by atoms with van der Waals surface area (Å²) in [6.45, 7) is 0. The van der Waals surface area contributed by atoms with Crippen molar-refractivity contribution < 1.29 is 0 Å². The number of nitriles is 1. The van der Waals surface area contributed by atoms with Crippen molar-refractivity contribution in [2.45, 2.75) is 10.6 Å². The number of hydrazone groups is 1. The van der Waals surface area contributed by atoms with E-state index in [4.69, 9.17) is 28.0 Å². The first-order valence-corrected chi connectivity index (χ1v) is 8.01. The molecule has 0 aromatic heterocycles. The van der Waals surface area contributed by atoms with Gasteiger partial charge in [0.25, 0.3) is 0 Å². The minimum atomic E-state index is -0.371. The van der Waals surface area contributed by atoms with Crippen LogP contribution in [0.1, 0.15) is 5.56 Å². The molecule has 0 fully saturated rings. The van der Waals surface area contributed by atoms with Gasteiger partial charge in [-0.05, 0) is 29.8 Å². The van der Waals surface area contributed by atoms with Gasteiger partial charge in [-0.1, -0.05) is 35.9 Å². The average Bonchev–Trinajstić information content (AvgIpc) is 2.54. The molecule has 0 aliphatic heterocycles. The molecule has 0 bridgehead atoms. The van der Waals surface area contributed by atoms with E-state index in [2.05, 4.69) is 10.5 Å². The molecular weight excluding hydrogens is 330 g/mol. The van der Waals surface area contributed by atoms with Crippen molar-refractivity contribution in [1.29, 1.82) is 10.7 Å². The number of hydrogen-bond acceptors (Lipinski definition) is 5. The largest absolute Gasteiger partial charge is 0.382 e. The number of nitrogens with two attached hydrogens (primary N) is 1. The normalized spacial score (nSPS) is 10.9. The van der Waals surface area contributed by atoms with E-state index in [1.54, 1.807) is 17.8 Å². The SMILES string of the molecule is N#C/C(=N\Nc1ccccc1SCc1cccc(Cl)c1)C(=N)N. The summed E-state index contributed by atoms with van der Waals surface area (Å²) in [6, 6.07) is 17.0. The van der Waals surface area contributed by atoms with Crippen molar-refractivity contribution in [2.75, 3.05) is 5.43 Å². The Balaban J connectivity index is 2.12. The molecule has 0 saturated carbocycles. The van der Waals surface area contributed by atoms with Gasteiger partial charge in [-0.3, -0.25) is 10.8 Å². The maximum absolute atomic E-state index is 8.86. The molecule has 5 nitrogen and oxygen atoms in total. The standard InChI is InChI=1S/C16H14ClN5S/c17-12-5-3-4-11(8-12)10-23-15-7-2-1-6-13(15)21-22-14(9-18)16(19)20/h1-8,21H,10H2,(H3,19,20)/b22-14+. The van der Waals surface area contributed by atoms with Crippen LogP contribution in [0, 0.1) is 16.7 Å². The van der Waals surface area contributed by atoms with E-state index < -0.39 is 0 Å². The van der Waals surface area contributed by atoms with Gasteiger partial charge in [0, 0.05) is 15.7 Å². The lowest BCUT2D eigenvalue weighted by Crippen LogP contribution is -2.21. The van der Waals surface area contributed by atoms with Gasteiger partial charge in [-0.25, -0.2) is 0 Å². The lowest BCUT2D eigenvalue weighted by atomic mass is 10.2. The fraction of sp³-hybridized carbons (Fsp3) is 0.0625. The van der Waals surface area contributed by atoms with Crippen LogP contribution in [0.25, 0.3) is 0 Å². The highest BCUT2D eigenvalue weighted by Crippen LogP contribution is 2.30. The predicted molar refractivity (Wildman–Crippen MR) is 96.0 cm³/mol. The van der Waals surface area contributed by atoms with Crippen LogP contribution in [-0.2, 0) is 5.75 Å². The van der Waals surface area contributed by atoms with Gasteiger partial charge >= 0.3 is 0 Å². The molecule has 2 aromatic rings. The predicted octanol–water partition coefficient (Wildman–Crippen LogP) is 3.86. The topological polar surface area (TPSA) is 98.0 Å². The summed E-state index contributed by atoms with van der Waals surface area (Å²) >= 11 is 7.60. The van der Waals surface area contributed by atoms with Crippen molar-refractivity contribution in [1.82, 2.24) is 0 Å². The summed E-state index contributed by atoms with van der Waals surface area (Å²) in [5.74, 6) is 0.380. The maximum atomic E-state index is 8.86. The van der Waals surface area contributed by atoms with E-state index >= 15 is 0 Å². The number of nitrogens with zero attached hydrogens (tertiary/aromatic N) is 2. The van der Waals surface area contributed by atoms with Gasteiger partial charge in [-0.15, -0.1) is 11.8 Å². The van der Waals surface area contributed by atoms with Gasteiger partial charge in [0.15, 0.2) is 5.84 Å². The van der Waals surface area contributed by atoms with E-state index in [9.17, 15) is 0 Å². The minimum absolute atomic E-state index is 0.153. The van der Waals surface area contributed by atoms with E-state index in [0.717, 1.165) is 21.9 Å². The Morgan fingerprint density at radius 2 is 2.09 bits per heavy atom. The quantitative estimate of drug-likeness (QED) is 0.321. The second kappa shape index (κ2) is 8.22. The molecule has 0 heterocycles. The van der Waals surface area contributed by atoms with Gasteiger partial charge < -0.3 is 5.73 Å². The number of para-hydroxylation sites is 1. The van der Waals surface area contributed by atoms with E-state index in [1.165, 1.54) is 0 Å². The Bertz CT molecular complexity index is 782. The van der Waals surface area contributed by atoms with E-state index in [1.807, 2.05) is 48.5 Å². The molecule has 0 atom stereocenters. The van der Waals surface area contributed by atoms with Crippen molar-refractivity contribution in [3.63, 3.8) is 0 Å². The Kier molecular flexibility index (Phi) is 6.03. The summed E-state index contributed by atoms with van der Waals surface area (Å²) in [5, 5.41) is 20.7.